The van der Waals surface area contributed by atoms with Crippen LogP contribution in [0.3, 0.4) is 0 Å². The zero-order valence-electron chi connectivity index (χ0n) is 17.6. The number of ether oxygens (including phenoxy) is 1. The lowest BCUT2D eigenvalue weighted by molar-refractivity contribution is -0.121. The second-order valence-electron chi connectivity index (χ2n) is 7.36. The highest BCUT2D eigenvalue weighted by Gasteiger charge is 2.43. The summed E-state index contributed by atoms with van der Waals surface area (Å²) in [5.74, 6) is 0.643. The number of carbonyl (C=O) groups is 2. The topological polar surface area (TPSA) is 93.2 Å². The largest absolute Gasteiger partial charge is 0.492 e. The third-order valence-electron chi connectivity index (χ3n) is 5.30. The van der Waals surface area contributed by atoms with Gasteiger partial charge in [0.2, 0.25) is 16.9 Å². The van der Waals surface area contributed by atoms with Crippen LogP contribution in [0.4, 0.5) is 10.8 Å². The zero-order valence-corrected chi connectivity index (χ0v) is 20.1. The van der Waals surface area contributed by atoms with Crippen LogP contribution in [0.25, 0.3) is 0 Å². The Bertz CT molecular complexity index is 1060. The normalized spacial score (nSPS) is 14.8. The number of rotatable bonds is 9. The summed E-state index contributed by atoms with van der Waals surface area (Å²) in [7, 11) is 0. The van der Waals surface area contributed by atoms with E-state index in [9.17, 15) is 9.59 Å². The molecule has 2 N–H and O–H groups in total. The lowest BCUT2D eigenvalue weighted by atomic mass is 9.83. The molecular weight excluding hydrogens is 464 g/mol. The maximum absolute atomic E-state index is 13.2. The molecule has 2 aromatic heterocycles. The van der Waals surface area contributed by atoms with Gasteiger partial charge in [0.05, 0.1) is 23.5 Å². The highest BCUT2D eigenvalue weighted by atomic mass is 32.2. The molecule has 1 saturated carbocycles. The second-order valence-corrected chi connectivity index (χ2v) is 10.5. The van der Waals surface area contributed by atoms with Crippen LogP contribution in [0, 0.1) is 0 Å². The summed E-state index contributed by atoms with van der Waals surface area (Å²) in [5, 5.41) is 16.5. The third kappa shape index (κ3) is 5.13. The summed E-state index contributed by atoms with van der Waals surface area (Å²) in [6.07, 6.45) is 3.79. The van der Waals surface area contributed by atoms with E-state index in [0.717, 1.165) is 30.6 Å². The Morgan fingerprint density at radius 2 is 1.94 bits per heavy atom. The fourth-order valence-electron chi connectivity index (χ4n) is 3.81. The van der Waals surface area contributed by atoms with Gasteiger partial charge in [-0.3, -0.25) is 14.9 Å². The molecule has 0 spiro atoms. The van der Waals surface area contributed by atoms with Crippen LogP contribution in [0.2, 0.25) is 0 Å². The van der Waals surface area contributed by atoms with Crippen molar-refractivity contribution in [3.05, 3.63) is 46.7 Å². The van der Waals surface area contributed by atoms with Gasteiger partial charge in [0.25, 0.3) is 0 Å². The number of carbonyl (C=O) groups excluding carboxylic acids is 2. The highest BCUT2D eigenvalue weighted by Crippen LogP contribution is 2.44. The van der Waals surface area contributed by atoms with Crippen molar-refractivity contribution in [2.24, 2.45) is 0 Å². The van der Waals surface area contributed by atoms with Gasteiger partial charge in [-0.15, -0.1) is 21.5 Å². The molecule has 0 unspecified atom stereocenters. The summed E-state index contributed by atoms with van der Waals surface area (Å²) >= 11 is 4.20. The van der Waals surface area contributed by atoms with Crippen LogP contribution in [-0.4, -0.2) is 34.4 Å². The van der Waals surface area contributed by atoms with Crippen molar-refractivity contribution in [3.63, 3.8) is 0 Å². The molecule has 4 rings (SSSR count). The van der Waals surface area contributed by atoms with Crippen LogP contribution in [0.5, 0.6) is 5.75 Å². The lowest BCUT2D eigenvalue weighted by Gasteiger charge is -2.25. The first-order valence-corrected chi connectivity index (χ1v) is 13.1. The molecule has 1 aliphatic carbocycles. The summed E-state index contributed by atoms with van der Waals surface area (Å²) in [6.45, 7) is 2.42. The van der Waals surface area contributed by atoms with E-state index in [1.165, 1.54) is 23.1 Å². The Morgan fingerprint density at radius 3 is 2.69 bits per heavy atom. The van der Waals surface area contributed by atoms with Gasteiger partial charge >= 0.3 is 0 Å². The van der Waals surface area contributed by atoms with Gasteiger partial charge in [-0.2, -0.15) is 0 Å². The molecule has 0 atom stereocenters. The van der Waals surface area contributed by atoms with Crippen molar-refractivity contribution in [2.75, 3.05) is 23.0 Å². The van der Waals surface area contributed by atoms with E-state index >= 15 is 0 Å². The van der Waals surface area contributed by atoms with E-state index < -0.39 is 5.41 Å². The van der Waals surface area contributed by atoms with Crippen LogP contribution in [0.15, 0.2) is 46.1 Å². The number of hydrogen-bond acceptors (Lipinski definition) is 8. The van der Waals surface area contributed by atoms with Gasteiger partial charge in [-0.05, 0) is 43.3 Å². The predicted octanol–water partition coefficient (Wildman–Crippen LogP) is 5.18. The summed E-state index contributed by atoms with van der Waals surface area (Å²) < 4.78 is 6.17. The SMILES string of the molecule is CCOc1ccccc1NC(=O)CSc1nnc(NC(=O)C2(c3cccs3)CCCC2)s1. The first kappa shape index (κ1) is 22.8. The van der Waals surface area contributed by atoms with E-state index in [-0.39, 0.29) is 17.6 Å². The molecule has 168 valence electrons. The number of nitrogens with zero attached hydrogens (tertiary/aromatic N) is 2. The van der Waals surface area contributed by atoms with E-state index in [4.69, 9.17) is 4.74 Å². The van der Waals surface area contributed by atoms with E-state index in [1.807, 2.05) is 42.6 Å². The Kier molecular flexibility index (Phi) is 7.44. The number of hydrogen-bond donors (Lipinski definition) is 2. The van der Waals surface area contributed by atoms with Gasteiger partial charge in [-0.1, -0.05) is 54.1 Å². The van der Waals surface area contributed by atoms with Gasteiger partial charge < -0.3 is 10.1 Å². The smallest absolute Gasteiger partial charge is 0.237 e. The minimum absolute atomic E-state index is 0.0181. The molecule has 3 aromatic rings. The fraction of sp³-hybridized carbons (Fsp3) is 0.364. The minimum atomic E-state index is -0.471. The summed E-state index contributed by atoms with van der Waals surface area (Å²) in [5.41, 5.74) is 0.168. The monoisotopic (exact) mass is 488 g/mol. The van der Waals surface area contributed by atoms with E-state index in [2.05, 4.69) is 20.8 Å². The van der Waals surface area contributed by atoms with Crippen LogP contribution >= 0.6 is 34.4 Å². The molecule has 1 aliphatic rings. The number of para-hydroxylation sites is 2. The number of benzene rings is 1. The van der Waals surface area contributed by atoms with E-state index in [0.29, 0.717) is 27.5 Å². The summed E-state index contributed by atoms with van der Waals surface area (Å²) in [6, 6.07) is 11.4. The number of thioether (sulfide) groups is 1. The van der Waals surface area contributed by atoms with Crippen molar-refractivity contribution in [1.29, 1.82) is 0 Å². The number of nitrogens with one attached hydrogen (secondary N) is 2. The van der Waals surface area contributed by atoms with E-state index in [1.54, 1.807) is 17.4 Å². The van der Waals surface area contributed by atoms with Gasteiger partial charge in [0.1, 0.15) is 5.75 Å². The number of anilines is 2. The van der Waals surface area contributed by atoms with Crippen molar-refractivity contribution in [1.82, 2.24) is 10.2 Å². The molecule has 2 heterocycles. The van der Waals surface area contributed by atoms with Gasteiger partial charge in [0.15, 0.2) is 4.34 Å². The number of thiophene rings is 1. The molecule has 7 nitrogen and oxygen atoms in total. The lowest BCUT2D eigenvalue weighted by Crippen LogP contribution is -2.37. The first-order valence-electron chi connectivity index (χ1n) is 10.4. The second kappa shape index (κ2) is 10.5. The number of aromatic nitrogens is 2. The standard InChI is InChI=1S/C22H24N4O3S3/c1-2-29-16-9-4-3-8-15(16)23-18(27)14-31-21-26-25-20(32-21)24-19(28)22(11-5-6-12-22)17-10-7-13-30-17/h3-4,7-10,13H,2,5-6,11-12,14H2,1H3,(H,23,27)(H,24,25,28). The molecule has 32 heavy (non-hydrogen) atoms. The molecule has 1 aromatic carbocycles. The Balaban J connectivity index is 1.33. The third-order valence-corrected chi connectivity index (χ3v) is 8.35. The molecule has 0 saturated heterocycles. The molecule has 0 bridgehead atoms. The molecule has 0 aliphatic heterocycles. The molecule has 0 radical (unpaired) electrons. The molecule has 2 amide bonds. The predicted molar refractivity (Wildman–Crippen MR) is 130 cm³/mol. The van der Waals surface area contributed by atoms with Crippen LogP contribution in [0.1, 0.15) is 37.5 Å². The maximum atomic E-state index is 13.2. The number of amides is 2. The maximum Gasteiger partial charge on any atom is 0.237 e. The molecule has 1 fully saturated rings. The zero-order chi connectivity index (χ0) is 22.4. The van der Waals surface area contributed by atoms with Crippen LogP contribution in [-0.2, 0) is 15.0 Å². The summed E-state index contributed by atoms with van der Waals surface area (Å²) in [4.78, 5) is 26.6. The fourth-order valence-corrected chi connectivity index (χ4v) is 6.35. The van der Waals surface area contributed by atoms with Crippen molar-refractivity contribution >= 4 is 57.1 Å². The quantitative estimate of drug-likeness (QED) is 0.318. The minimum Gasteiger partial charge on any atom is -0.492 e. The van der Waals surface area contributed by atoms with Gasteiger partial charge in [0, 0.05) is 4.88 Å². The first-order chi connectivity index (χ1) is 15.6. The van der Waals surface area contributed by atoms with Crippen molar-refractivity contribution < 1.29 is 14.3 Å². The van der Waals surface area contributed by atoms with Gasteiger partial charge in [-0.25, -0.2) is 0 Å². The average molecular weight is 489 g/mol. The average Bonchev–Trinajstić information content (AvgIpc) is 3.55. The van der Waals surface area contributed by atoms with Crippen LogP contribution < -0.4 is 15.4 Å². The Labute approximate surface area is 199 Å². The molecular formula is C22H24N4O3S3. The highest BCUT2D eigenvalue weighted by molar-refractivity contribution is 8.01. The molecule has 10 heteroatoms. The Hall–Kier alpha value is -2.43. The van der Waals surface area contributed by atoms with Crippen molar-refractivity contribution in [2.45, 2.75) is 42.4 Å². The Morgan fingerprint density at radius 1 is 1.12 bits per heavy atom. The van der Waals surface area contributed by atoms with Crippen molar-refractivity contribution in [3.8, 4) is 5.75 Å².